The smallest absolute Gasteiger partial charge is 0.306 e. The second-order valence-electron chi connectivity index (χ2n) is 18.8. The molecular formula is C63H106O6. The van der Waals surface area contributed by atoms with Gasteiger partial charge in [-0.3, -0.25) is 14.4 Å². The summed E-state index contributed by atoms with van der Waals surface area (Å²) in [5.74, 6) is -0.965. The van der Waals surface area contributed by atoms with Gasteiger partial charge in [0.1, 0.15) is 13.2 Å². The first kappa shape index (κ1) is 65.3. The summed E-state index contributed by atoms with van der Waals surface area (Å²) >= 11 is 0. The molecule has 0 rings (SSSR count). The number of carbonyl (C=O) groups is 3. The number of carbonyl (C=O) groups excluding carboxylic acids is 3. The molecule has 0 aromatic rings. The van der Waals surface area contributed by atoms with E-state index in [-0.39, 0.29) is 37.5 Å². The largest absolute Gasteiger partial charge is 0.462 e. The lowest BCUT2D eigenvalue weighted by Gasteiger charge is -2.18. The molecule has 0 aliphatic heterocycles. The third-order valence-electron chi connectivity index (χ3n) is 12.1. The molecule has 1 unspecified atom stereocenters. The van der Waals surface area contributed by atoms with Crippen molar-refractivity contribution in [2.75, 3.05) is 13.2 Å². The molecule has 0 saturated carbocycles. The summed E-state index contributed by atoms with van der Waals surface area (Å²) in [4.78, 5) is 38.1. The van der Waals surface area contributed by atoms with E-state index in [0.29, 0.717) is 19.3 Å². The van der Waals surface area contributed by atoms with Crippen LogP contribution in [0, 0.1) is 0 Å². The average molecular weight is 960 g/mol. The zero-order chi connectivity index (χ0) is 50.0. The van der Waals surface area contributed by atoms with E-state index in [9.17, 15) is 14.4 Å². The van der Waals surface area contributed by atoms with Crippen molar-refractivity contribution in [3.63, 3.8) is 0 Å². The number of allylic oxidation sites excluding steroid dienone is 16. The predicted molar refractivity (Wildman–Crippen MR) is 297 cm³/mol. The Hall–Kier alpha value is -3.67. The van der Waals surface area contributed by atoms with Crippen LogP contribution in [0.1, 0.15) is 265 Å². The Morgan fingerprint density at radius 3 is 0.957 bits per heavy atom. The third-order valence-corrected chi connectivity index (χ3v) is 12.1. The number of ether oxygens (including phenoxy) is 3. The van der Waals surface area contributed by atoms with Crippen LogP contribution in [0.15, 0.2) is 97.2 Å². The minimum Gasteiger partial charge on any atom is -0.462 e. The predicted octanol–water partition coefficient (Wildman–Crippen LogP) is 19.3. The van der Waals surface area contributed by atoms with Gasteiger partial charge in [-0.2, -0.15) is 0 Å². The van der Waals surface area contributed by atoms with Gasteiger partial charge in [0.25, 0.3) is 0 Å². The zero-order valence-electron chi connectivity index (χ0n) is 45.0. The van der Waals surface area contributed by atoms with Crippen molar-refractivity contribution in [3.05, 3.63) is 97.2 Å². The molecule has 0 spiro atoms. The molecule has 0 aliphatic carbocycles. The Labute approximate surface area is 426 Å². The second kappa shape index (κ2) is 56.9. The minimum absolute atomic E-state index is 0.0973. The fourth-order valence-electron chi connectivity index (χ4n) is 7.78. The van der Waals surface area contributed by atoms with Crippen LogP contribution in [-0.2, 0) is 28.6 Å². The molecule has 0 aromatic heterocycles. The maximum Gasteiger partial charge on any atom is 0.306 e. The number of hydrogen-bond donors (Lipinski definition) is 0. The highest BCUT2D eigenvalue weighted by molar-refractivity contribution is 5.71. The molecule has 0 aromatic carbocycles. The summed E-state index contributed by atoms with van der Waals surface area (Å²) in [5, 5.41) is 0. The van der Waals surface area contributed by atoms with Crippen molar-refractivity contribution in [1.29, 1.82) is 0 Å². The maximum absolute atomic E-state index is 12.8. The molecule has 0 aliphatic rings. The summed E-state index contributed by atoms with van der Waals surface area (Å²) in [7, 11) is 0. The Morgan fingerprint density at radius 1 is 0.304 bits per heavy atom. The highest BCUT2D eigenvalue weighted by atomic mass is 16.6. The Morgan fingerprint density at radius 2 is 0.580 bits per heavy atom. The van der Waals surface area contributed by atoms with E-state index in [2.05, 4.69) is 118 Å². The third kappa shape index (κ3) is 55.1. The van der Waals surface area contributed by atoms with Crippen LogP contribution < -0.4 is 0 Å². The van der Waals surface area contributed by atoms with Gasteiger partial charge in [0.15, 0.2) is 6.10 Å². The van der Waals surface area contributed by atoms with E-state index >= 15 is 0 Å². The summed E-state index contributed by atoms with van der Waals surface area (Å²) in [6, 6.07) is 0. The molecule has 0 saturated heterocycles. The van der Waals surface area contributed by atoms with Gasteiger partial charge in [0, 0.05) is 19.3 Å². The first-order valence-corrected chi connectivity index (χ1v) is 28.7. The number of hydrogen-bond acceptors (Lipinski definition) is 6. The Bertz CT molecular complexity index is 1380. The highest BCUT2D eigenvalue weighted by Crippen LogP contribution is 2.15. The van der Waals surface area contributed by atoms with Crippen LogP contribution >= 0.6 is 0 Å². The molecule has 0 N–H and O–H groups in total. The first-order valence-electron chi connectivity index (χ1n) is 28.7. The molecule has 0 heterocycles. The topological polar surface area (TPSA) is 78.9 Å². The SMILES string of the molecule is CC/C=C\C/C=C\C/C=C\C/C=C\C/C=C\C/C=C\C/C=C\CCCC(=O)OCC(COC(=O)CCCCCCCCCCCCCC)OC(=O)CCCCCCC/C=C\CCCCCCCCC. The van der Waals surface area contributed by atoms with Crippen molar-refractivity contribution < 1.29 is 28.6 Å². The lowest BCUT2D eigenvalue weighted by molar-refractivity contribution is -0.167. The molecule has 394 valence electrons. The van der Waals surface area contributed by atoms with Crippen molar-refractivity contribution in [3.8, 4) is 0 Å². The quantitative estimate of drug-likeness (QED) is 0.0262. The first-order chi connectivity index (χ1) is 34.0. The van der Waals surface area contributed by atoms with Crippen molar-refractivity contribution in [2.24, 2.45) is 0 Å². The summed E-state index contributed by atoms with van der Waals surface area (Å²) < 4.78 is 16.8. The van der Waals surface area contributed by atoms with Gasteiger partial charge in [0.2, 0.25) is 0 Å². The summed E-state index contributed by atoms with van der Waals surface area (Å²) in [6.45, 7) is 6.47. The van der Waals surface area contributed by atoms with E-state index in [0.717, 1.165) is 103 Å². The minimum atomic E-state index is -0.804. The van der Waals surface area contributed by atoms with Gasteiger partial charge < -0.3 is 14.2 Å². The summed E-state index contributed by atoms with van der Waals surface area (Å²) in [6.07, 6.45) is 75.4. The van der Waals surface area contributed by atoms with Crippen LogP contribution in [0.4, 0.5) is 0 Å². The lowest BCUT2D eigenvalue weighted by Crippen LogP contribution is -2.30. The van der Waals surface area contributed by atoms with Crippen LogP contribution in [0.3, 0.4) is 0 Å². The Kier molecular flexibility index (Phi) is 53.9. The molecule has 6 heteroatoms. The monoisotopic (exact) mass is 959 g/mol. The van der Waals surface area contributed by atoms with Crippen LogP contribution in [0.5, 0.6) is 0 Å². The zero-order valence-corrected chi connectivity index (χ0v) is 45.0. The number of unbranched alkanes of at least 4 members (excludes halogenated alkanes) is 24. The number of rotatable bonds is 51. The molecule has 0 amide bonds. The standard InChI is InChI=1S/C63H106O6/c1-4-7-10-13-16-19-22-25-27-29-30-31-32-33-34-35-37-38-41-44-47-50-53-56-62(65)68-59-60(58-67-61(64)55-52-49-46-43-40-24-21-18-15-12-9-6-3)69-63(66)57-54-51-48-45-42-39-36-28-26-23-20-17-14-11-8-5-2/h7,10,16,19,25,27-28,30-31,33-34,36-38,44,47,60H,4-6,8-9,11-15,17-18,20-24,26,29,32,35,39-43,45-46,48-59H2,1-3H3/b10-7-,19-16-,27-25-,31-30-,34-33-,36-28-,38-37-,47-44-. The van der Waals surface area contributed by atoms with Gasteiger partial charge in [0.05, 0.1) is 0 Å². The molecule has 1 atom stereocenters. The highest BCUT2D eigenvalue weighted by Gasteiger charge is 2.19. The molecule has 0 fully saturated rings. The lowest BCUT2D eigenvalue weighted by atomic mass is 10.0. The van der Waals surface area contributed by atoms with E-state index < -0.39 is 6.10 Å². The van der Waals surface area contributed by atoms with Gasteiger partial charge in [-0.1, -0.05) is 246 Å². The molecule has 0 radical (unpaired) electrons. The van der Waals surface area contributed by atoms with Crippen molar-refractivity contribution in [2.45, 2.75) is 271 Å². The van der Waals surface area contributed by atoms with Crippen molar-refractivity contribution in [1.82, 2.24) is 0 Å². The maximum atomic E-state index is 12.8. The Balaban J connectivity index is 4.46. The van der Waals surface area contributed by atoms with Crippen LogP contribution in [0.2, 0.25) is 0 Å². The van der Waals surface area contributed by atoms with Gasteiger partial charge >= 0.3 is 17.9 Å². The van der Waals surface area contributed by atoms with E-state index in [4.69, 9.17) is 14.2 Å². The molecular weight excluding hydrogens is 853 g/mol. The average Bonchev–Trinajstić information content (AvgIpc) is 3.35. The van der Waals surface area contributed by atoms with E-state index in [1.165, 1.54) is 116 Å². The fourth-order valence-corrected chi connectivity index (χ4v) is 7.78. The normalized spacial score (nSPS) is 12.8. The van der Waals surface area contributed by atoms with E-state index in [1.807, 2.05) is 0 Å². The molecule has 6 nitrogen and oxygen atoms in total. The molecule has 69 heavy (non-hydrogen) atoms. The van der Waals surface area contributed by atoms with E-state index in [1.54, 1.807) is 0 Å². The van der Waals surface area contributed by atoms with Gasteiger partial charge in [-0.15, -0.1) is 0 Å². The van der Waals surface area contributed by atoms with Gasteiger partial charge in [-0.25, -0.2) is 0 Å². The van der Waals surface area contributed by atoms with Crippen LogP contribution in [0.25, 0.3) is 0 Å². The molecule has 0 bridgehead atoms. The number of esters is 3. The van der Waals surface area contributed by atoms with Crippen LogP contribution in [-0.4, -0.2) is 37.2 Å². The van der Waals surface area contributed by atoms with Crippen molar-refractivity contribution >= 4 is 17.9 Å². The second-order valence-corrected chi connectivity index (χ2v) is 18.8. The fraction of sp³-hybridized carbons (Fsp3) is 0.698. The summed E-state index contributed by atoms with van der Waals surface area (Å²) in [5.41, 5.74) is 0. The van der Waals surface area contributed by atoms with Gasteiger partial charge in [-0.05, 0) is 96.3 Å².